The molecule has 1 saturated heterocycles. The first-order valence-electron chi connectivity index (χ1n) is 5.18. The van der Waals surface area contributed by atoms with Gasteiger partial charge in [-0.2, -0.15) is 4.31 Å². The summed E-state index contributed by atoms with van der Waals surface area (Å²) in [5.41, 5.74) is 0. The fraction of sp³-hybridized carbons (Fsp3) is 0.400. The maximum absolute atomic E-state index is 12.3. The first-order valence-corrected chi connectivity index (χ1v) is 7.03. The van der Waals surface area contributed by atoms with Gasteiger partial charge in [0.1, 0.15) is 0 Å². The van der Waals surface area contributed by atoms with Crippen molar-refractivity contribution in [2.45, 2.75) is 6.42 Å². The molecule has 0 aromatic heterocycles. The Morgan fingerprint density at radius 3 is 2.82 bits per heavy atom. The molecule has 2 rings (SSSR count). The van der Waals surface area contributed by atoms with E-state index in [9.17, 15) is 13.2 Å². The molecule has 0 saturated carbocycles. The predicted molar refractivity (Wildman–Crippen MR) is 67.9 cm³/mol. The molecule has 0 aromatic carbocycles. The lowest BCUT2D eigenvalue weighted by molar-refractivity contribution is -0.122. The molecular formula is C10H12N2O3S2. The van der Waals surface area contributed by atoms with E-state index in [-0.39, 0.29) is 23.9 Å². The van der Waals surface area contributed by atoms with Crippen molar-refractivity contribution < 1.29 is 13.2 Å². The van der Waals surface area contributed by atoms with Crippen LogP contribution < -0.4 is 5.32 Å². The van der Waals surface area contributed by atoms with Gasteiger partial charge in [0.15, 0.2) is 0 Å². The molecule has 0 radical (unpaired) electrons. The number of nitrogens with one attached hydrogen (secondary N) is 1. The lowest BCUT2D eigenvalue weighted by Crippen LogP contribution is -2.50. The number of sulfonamides is 1. The Bertz CT molecular complexity index is 520. The van der Waals surface area contributed by atoms with Crippen molar-refractivity contribution in [3.05, 3.63) is 23.1 Å². The van der Waals surface area contributed by atoms with E-state index in [1.807, 2.05) is 6.08 Å². The highest BCUT2D eigenvalue weighted by Gasteiger charge is 2.32. The zero-order chi connectivity index (χ0) is 12.5. The van der Waals surface area contributed by atoms with Gasteiger partial charge in [0.05, 0.1) is 11.4 Å². The predicted octanol–water partition coefficient (Wildman–Crippen LogP) is -0.0383. The summed E-state index contributed by atoms with van der Waals surface area (Å²) in [5.74, 6) is -0.280. The molecule has 1 aliphatic carbocycles. The first-order chi connectivity index (χ1) is 8.01. The third kappa shape index (κ3) is 2.46. The van der Waals surface area contributed by atoms with Crippen LogP contribution in [-0.4, -0.2) is 43.1 Å². The van der Waals surface area contributed by atoms with Crippen molar-refractivity contribution >= 4 is 33.0 Å². The van der Waals surface area contributed by atoms with Gasteiger partial charge < -0.3 is 5.32 Å². The van der Waals surface area contributed by atoms with E-state index < -0.39 is 10.0 Å². The summed E-state index contributed by atoms with van der Waals surface area (Å²) in [6, 6.07) is 0. The number of carbonyl (C=O) groups is 1. The molecule has 0 spiro atoms. The number of thiocarbonyl (C=S) groups is 1. The van der Waals surface area contributed by atoms with Crippen molar-refractivity contribution in [2.75, 3.05) is 19.6 Å². The molecule has 0 bridgehead atoms. The topological polar surface area (TPSA) is 66.5 Å². The second-order valence-corrected chi connectivity index (χ2v) is 6.17. The second kappa shape index (κ2) is 4.67. The zero-order valence-corrected chi connectivity index (χ0v) is 10.7. The molecular weight excluding hydrogens is 260 g/mol. The van der Waals surface area contributed by atoms with Crippen molar-refractivity contribution in [1.82, 2.24) is 9.62 Å². The summed E-state index contributed by atoms with van der Waals surface area (Å²) < 4.78 is 25.7. The molecule has 1 N–H and O–H groups in total. The van der Waals surface area contributed by atoms with Gasteiger partial charge in [-0.05, 0) is 6.08 Å². The zero-order valence-electron chi connectivity index (χ0n) is 9.05. The Hall–Kier alpha value is -1.05. The van der Waals surface area contributed by atoms with Crippen molar-refractivity contribution in [3.8, 4) is 0 Å². The molecule has 1 heterocycles. The number of carbonyl (C=O) groups excluding carboxylic acids is 1. The number of hydrogen-bond donors (Lipinski definition) is 1. The van der Waals surface area contributed by atoms with Crippen molar-refractivity contribution in [3.63, 3.8) is 0 Å². The Morgan fingerprint density at radius 1 is 1.41 bits per heavy atom. The van der Waals surface area contributed by atoms with E-state index in [1.165, 1.54) is 10.4 Å². The molecule has 2 aliphatic rings. The van der Waals surface area contributed by atoms with Crippen LogP contribution in [0.4, 0.5) is 0 Å². The van der Waals surface area contributed by atoms with Gasteiger partial charge in [-0.15, -0.1) is 0 Å². The van der Waals surface area contributed by atoms with Crippen LogP contribution >= 0.6 is 12.2 Å². The quantitative estimate of drug-likeness (QED) is 0.716. The average molecular weight is 272 g/mol. The minimum atomic E-state index is -3.63. The molecule has 1 fully saturated rings. The van der Waals surface area contributed by atoms with Gasteiger partial charge in [-0.1, -0.05) is 24.4 Å². The Morgan fingerprint density at radius 2 is 2.18 bits per heavy atom. The van der Waals surface area contributed by atoms with Crippen LogP contribution in [0.1, 0.15) is 6.42 Å². The maximum atomic E-state index is 12.3. The third-order valence-corrected chi connectivity index (χ3v) is 5.03. The summed E-state index contributed by atoms with van der Waals surface area (Å²) in [6.07, 6.45) is 5.44. The van der Waals surface area contributed by atoms with Gasteiger partial charge in [0.25, 0.3) is 0 Å². The maximum Gasteiger partial charge on any atom is 0.244 e. The fourth-order valence-corrected chi connectivity index (χ4v) is 3.71. The molecule has 92 valence electrons. The fourth-order valence-electron chi connectivity index (χ4n) is 1.71. The monoisotopic (exact) mass is 272 g/mol. The van der Waals surface area contributed by atoms with E-state index in [0.717, 1.165) is 0 Å². The van der Waals surface area contributed by atoms with Crippen LogP contribution in [0.5, 0.6) is 0 Å². The minimum absolute atomic E-state index is 0.133. The largest absolute Gasteiger partial charge is 0.354 e. The van der Waals surface area contributed by atoms with Crippen LogP contribution in [-0.2, 0) is 14.8 Å². The summed E-state index contributed by atoms with van der Waals surface area (Å²) in [4.78, 5) is 11.7. The molecule has 0 unspecified atom stereocenters. The van der Waals surface area contributed by atoms with E-state index in [4.69, 9.17) is 12.2 Å². The first kappa shape index (κ1) is 12.4. The molecule has 0 aromatic rings. The number of hydrogen-bond acceptors (Lipinski definition) is 4. The third-order valence-electron chi connectivity index (χ3n) is 2.58. The van der Waals surface area contributed by atoms with Crippen LogP contribution in [0.2, 0.25) is 0 Å². The number of amides is 1. The van der Waals surface area contributed by atoms with Crippen molar-refractivity contribution in [1.29, 1.82) is 0 Å². The normalized spacial score (nSPS) is 22.2. The Balaban J connectivity index is 2.29. The summed E-state index contributed by atoms with van der Waals surface area (Å²) in [5, 5.41) is 2.59. The second-order valence-electron chi connectivity index (χ2n) is 3.77. The SMILES string of the molecule is O=C1CN(S(=O)(=O)C2=CC=CCC2=S)CCN1. The van der Waals surface area contributed by atoms with Gasteiger partial charge in [-0.25, -0.2) is 8.42 Å². The lowest BCUT2D eigenvalue weighted by atomic mass is 10.2. The van der Waals surface area contributed by atoms with Gasteiger partial charge >= 0.3 is 0 Å². The van der Waals surface area contributed by atoms with E-state index in [0.29, 0.717) is 17.8 Å². The number of allylic oxidation sites excluding steroid dienone is 4. The van der Waals surface area contributed by atoms with Crippen LogP contribution in [0, 0.1) is 0 Å². The van der Waals surface area contributed by atoms with Crippen LogP contribution in [0.3, 0.4) is 0 Å². The number of nitrogens with zero attached hydrogens (tertiary/aromatic N) is 1. The highest BCUT2D eigenvalue weighted by Crippen LogP contribution is 2.20. The molecule has 17 heavy (non-hydrogen) atoms. The van der Waals surface area contributed by atoms with E-state index in [2.05, 4.69) is 5.32 Å². The molecule has 7 heteroatoms. The van der Waals surface area contributed by atoms with Gasteiger partial charge in [-0.3, -0.25) is 4.79 Å². The Kier molecular flexibility index (Phi) is 3.41. The number of piperazine rings is 1. The molecule has 0 atom stereocenters. The number of rotatable bonds is 2. The van der Waals surface area contributed by atoms with Crippen LogP contribution in [0.15, 0.2) is 23.1 Å². The van der Waals surface area contributed by atoms with Gasteiger partial charge in [0, 0.05) is 24.4 Å². The smallest absolute Gasteiger partial charge is 0.244 e. The van der Waals surface area contributed by atoms with E-state index >= 15 is 0 Å². The molecule has 5 nitrogen and oxygen atoms in total. The van der Waals surface area contributed by atoms with E-state index in [1.54, 1.807) is 6.08 Å². The Labute approximate surface area is 105 Å². The molecule has 1 aliphatic heterocycles. The summed E-state index contributed by atoms with van der Waals surface area (Å²) >= 11 is 5.05. The highest BCUT2D eigenvalue weighted by molar-refractivity contribution is 7.96. The highest BCUT2D eigenvalue weighted by atomic mass is 32.2. The minimum Gasteiger partial charge on any atom is -0.354 e. The van der Waals surface area contributed by atoms with Crippen LogP contribution in [0.25, 0.3) is 0 Å². The van der Waals surface area contributed by atoms with Gasteiger partial charge in [0.2, 0.25) is 15.9 Å². The average Bonchev–Trinajstić information content (AvgIpc) is 2.29. The van der Waals surface area contributed by atoms with Crippen molar-refractivity contribution in [2.24, 2.45) is 0 Å². The standard InChI is InChI=1S/C10H12N2O3S2/c13-10-7-12(6-5-11-10)17(14,15)9-4-2-1-3-8(9)16/h1-2,4H,3,5-7H2,(H,11,13). The summed E-state index contributed by atoms with van der Waals surface area (Å²) in [7, 11) is -3.63. The molecule has 1 amide bonds. The summed E-state index contributed by atoms with van der Waals surface area (Å²) in [6.45, 7) is 0.498. The lowest BCUT2D eigenvalue weighted by Gasteiger charge is -2.27.